The van der Waals surface area contributed by atoms with Gasteiger partial charge in [0, 0.05) is 10.6 Å². The summed E-state index contributed by atoms with van der Waals surface area (Å²) >= 11 is 5.66. The van der Waals surface area contributed by atoms with Crippen LogP contribution < -0.4 is 5.73 Å². The average molecular weight is 258 g/mol. The molecule has 0 saturated heterocycles. The molecule has 0 aliphatic rings. The molecule has 0 unspecified atom stereocenters. The van der Waals surface area contributed by atoms with Gasteiger partial charge in [-0.1, -0.05) is 11.6 Å². The van der Waals surface area contributed by atoms with E-state index in [0.29, 0.717) is 5.56 Å². The van der Waals surface area contributed by atoms with Gasteiger partial charge in [-0.05, 0) is 24.6 Å². The number of nitrogens with two attached hydrogens (primary N) is 1. The highest BCUT2D eigenvalue weighted by Gasteiger charge is 2.21. The average Bonchev–Trinajstić information content (AvgIpc) is 2.09. The van der Waals surface area contributed by atoms with Crippen molar-refractivity contribution in [2.45, 2.75) is 19.4 Å². The molecule has 0 fully saturated rings. The first-order chi connectivity index (χ1) is 6.43. The number of hydrogen-bond acceptors (Lipinski definition) is 2. The number of phenols is 1. The standard InChI is InChI=1S/C9H10ClF2NO.ClH/c1-4-2-5(10)3-6(8(4)14)7(13)9(11)12;/h2-3,7,9,14H,13H2,1H3;1H/t7-;/m1./s1. The third-order valence-electron chi connectivity index (χ3n) is 1.93. The van der Waals surface area contributed by atoms with Crippen molar-refractivity contribution >= 4 is 24.0 Å². The van der Waals surface area contributed by atoms with Crippen molar-refractivity contribution in [1.29, 1.82) is 0 Å². The number of hydrogen-bond donors (Lipinski definition) is 2. The second-order valence-electron chi connectivity index (χ2n) is 3.02. The van der Waals surface area contributed by atoms with Gasteiger partial charge < -0.3 is 10.8 Å². The quantitative estimate of drug-likeness (QED) is 0.856. The molecule has 0 spiro atoms. The van der Waals surface area contributed by atoms with Gasteiger partial charge in [0.05, 0.1) is 6.04 Å². The summed E-state index contributed by atoms with van der Waals surface area (Å²) in [6, 6.07) is 1.23. The first kappa shape index (κ1) is 14.4. The van der Waals surface area contributed by atoms with E-state index >= 15 is 0 Å². The molecule has 0 saturated carbocycles. The van der Waals surface area contributed by atoms with E-state index in [0.717, 1.165) is 0 Å². The van der Waals surface area contributed by atoms with E-state index in [1.807, 2.05) is 0 Å². The first-order valence-corrected chi connectivity index (χ1v) is 4.34. The molecule has 0 heterocycles. The molecule has 0 aliphatic heterocycles. The van der Waals surface area contributed by atoms with Crippen molar-refractivity contribution in [3.05, 3.63) is 28.3 Å². The van der Waals surface area contributed by atoms with Crippen LogP contribution in [0.5, 0.6) is 5.75 Å². The van der Waals surface area contributed by atoms with Crippen molar-refractivity contribution in [2.75, 3.05) is 0 Å². The van der Waals surface area contributed by atoms with Gasteiger partial charge in [-0.15, -0.1) is 12.4 Å². The minimum absolute atomic E-state index is 0. The monoisotopic (exact) mass is 257 g/mol. The van der Waals surface area contributed by atoms with Crippen LogP contribution in [0, 0.1) is 6.92 Å². The molecule has 1 aromatic carbocycles. The van der Waals surface area contributed by atoms with Gasteiger partial charge in [0.1, 0.15) is 5.75 Å². The molecular weight excluding hydrogens is 247 g/mol. The van der Waals surface area contributed by atoms with Gasteiger partial charge in [0.15, 0.2) is 0 Å². The van der Waals surface area contributed by atoms with Gasteiger partial charge in [-0.25, -0.2) is 8.78 Å². The van der Waals surface area contributed by atoms with Crippen molar-refractivity contribution in [3.63, 3.8) is 0 Å². The van der Waals surface area contributed by atoms with Crippen molar-refractivity contribution in [1.82, 2.24) is 0 Å². The highest BCUT2D eigenvalue weighted by Crippen LogP contribution is 2.32. The van der Waals surface area contributed by atoms with E-state index < -0.39 is 12.5 Å². The summed E-state index contributed by atoms with van der Waals surface area (Å²) in [7, 11) is 0. The summed E-state index contributed by atoms with van der Waals surface area (Å²) < 4.78 is 24.6. The van der Waals surface area contributed by atoms with Gasteiger partial charge in [-0.2, -0.15) is 0 Å². The van der Waals surface area contributed by atoms with Crippen LogP contribution in [0.2, 0.25) is 5.02 Å². The van der Waals surface area contributed by atoms with Crippen molar-refractivity contribution in [2.24, 2.45) is 5.73 Å². The summed E-state index contributed by atoms with van der Waals surface area (Å²) in [5.74, 6) is -0.220. The fourth-order valence-electron chi connectivity index (χ4n) is 1.15. The number of rotatable bonds is 2. The van der Waals surface area contributed by atoms with E-state index in [2.05, 4.69) is 0 Å². The number of benzene rings is 1. The number of aromatic hydroxyl groups is 1. The van der Waals surface area contributed by atoms with Crippen LogP contribution in [0.15, 0.2) is 12.1 Å². The van der Waals surface area contributed by atoms with Crippen LogP contribution in [-0.2, 0) is 0 Å². The molecule has 0 radical (unpaired) electrons. The Balaban J connectivity index is 0.00000196. The predicted octanol–water partition coefficient (Wildman–Crippen LogP) is 3.04. The summed E-state index contributed by atoms with van der Waals surface area (Å²) in [5.41, 5.74) is 5.62. The topological polar surface area (TPSA) is 46.2 Å². The Bertz CT molecular complexity index is 347. The SMILES string of the molecule is Cc1cc(Cl)cc([C@@H](N)C(F)F)c1O.Cl. The van der Waals surface area contributed by atoms with E-state index in [1.54, 1.807) is 6.92 Å². The number of aryl methyl sites for hydroxylation is 1. The Morgan fingerprint density at radius 3 is 2.40 bits per heavy atom. The van der Waals surface area contributed by atoms with Gasteiger partial charge >= 0.3 is 0 Å². The Kier molecular flexibility index (Phi) is 5.28. The lowest BCUT2D eigenvalue weighted by Crippen LogP contribution is -2.19. The summed E-state index contributed by atoms with van der Waals surface area (Å²) in [4.78, 5) is 0. The molecular formula is C9H11Cl2F2NO. The van der Waals surface area contributed by atoms with Gasteiger partial charge in [-0.3, -0.25) is 0 Å². The first-order valence-electron chi connectivity index (χ1n) is 3.96. The molecule has 0 amide bonds. The third kappa shape index (κ3) is 3.19. The summed E-state index contributed by atoms with van der Waals surface area (Å²) in [5, 5.41) is 9.75. The Morgan fingerprint density at radius 2 is 1.93 bits per heavy atom. The molecule has 1 rings (SSSR count). The molecule has 2 nitrogen and oxygen atoms in total. The highest BCUT2D eigenvalue weighted by molar-refractivity contribution is 6.30. The van der Waals surface area contributed by atoms with E-state index in [4.69, 9.17) is 17.3 Å². The van der Waals surface area contributed by atoms with Crippen LogP contribution in [0.4, 0.5) is 8.78 Å². The zero-order chi connectivity index (χ0) is 10.9. The van der Waals surface area contributed by atoms with E-state index in [-0.39, 0.29) is 28.7 Å². The fourth-order valence-corrected chi connectivity index (χ4v) is 1.43. The van der Waals surface area contributed by atoms with Crippen LogP contribution in [0.3, 0.4) is 0 Å². The van der Waals surface area contributed by atoms with Crippen LogP contribution >= 0.6 is 24.0 Å². The Hall–Kier alpha value is -0.580. The molecule has 1 aromatic rings. The second-order valence-corrected chi connectivity index (χ2v) is 3.46. The number of halogens is 4. The number of alkyl halides is 2. The van der Waals surface area contributed by atoms with Crippen LogP contribution in [0.1, 0.15) is 17.2 Å². The smallest absolute Gasteiger partial charge is 0.257 e. The van der Waals surface area contributed by atoms with Gasteiger partial charge in [0.25, 0.3) is 6.43 Å². The van der Waals surface area contributed by atoms with E-state index in [1.165, 1.54) is 12.1 Å². The maximum absolute atomic E-state index is 12.3. The normalized spacial score (nSPS) is 12.4. The molecule has 0 bridgehead atoms. The lowest BCUT2D eigenvalue weighted by Gasteiger charge is -2.14. The second kappa shape index (κ2) is 5.49. The number of phenolic OH excluding ortho intramolecular Hbond substituents is 1. The zero-order valence-electron chi connectivity index (χ0n) is 7.88. The molecule has 15 heavy (non-hydrogen) atoms. The van der Waals surface area contributed by atoms with Crippen LogP contribution in [0.25, 0.3) is 0 Å². The minimum atomic E-state index is -2.72. The molecule has 6 heteroatoms. The lowest BCUT2D eigenvalue weighted by molar-refractivity contribution is 0.115. The summed E-state index contributed by atoms with van der Waals surface area (Å²) in [6.07, 6.45) is -2.72. The molecule has 1 atom stereocenters. The minimum Gasteiger partial charge on any atom is -0.507 e. The summed E-state index contributed by atoms with van der Waals surface area (Å²) in [6.45, 7) is 1.57. The Labute approximate surface area is 97.4 Å². The molecule has 86 valence electrons. The molecule has 0 aromatic heterocycles. The van der Waals surface area contributed by atoms with Gasteiger partial charge in [0.2, 0.25) is 0 Å². The maximum atomic E-state index is 12.3. The Morgan fingerprint density at radius 1 is 1.40 bits per heavy atom. The highest BCUT2D eigenvalue weighted by atomic mass is 35.5. The fraction of sp³-hybridized carbons (Fsp3) is 0.333. The molecule has 0 aliphatic carbocycles. The van der Waals surface area contributed by atoms with Crippen LogP contribution in [-0.4, -0.2) is 11.5 Å². The third-order valence-corrected chi connectivity index (χ3v) is 2.14. The lowest BCUT2D eigenvalue weighted by atomic mass is 10.0. The maximum Gasteiger partial charge on any atom is 0.257 e. The zero-order valence-corrected chi connectivity index (χ0v) is 9.45. The van der Waals surface area contributed by atoms with Crippen molar-refractivity contribution in [3.8, 4) is 5.75 Å². The molecule has 3 N–H and O–H groups in total. The largest absolute Gasteiger partial charge is 0.507 e. The van der Waals surface area contributed by atoms with E-state index in [9.17, 15) is 13.9 Å². The van der Waals surface area contributed by atoms with Crippen molar-refractivity contribution < 1.29 is 13.9 Å². The predicted molar refractivity (Wildman–Crippen MR) is 58.0 cm³/mol.